The van der Waals surface area contributed by atoms with Crippen molar-refractivity contribution in [3.63, 3.8) is 0 Å². The Morgan fingerprint density at radius 1 is 1.39 bits per heavy atom. The van der Waals surface area contributed by atoms with Crippen LogP contribution in [-0.2, 0) is 4.74 Å². The largest absolute Gasteiger partial charge is 0.552 e. The number of ether oxygens (including phenoxy) is 1. The Balaban J connectivity index is 1.52. The molecule has 0 radical (unpaired) electrons. The summed E-state index contributed by atoms with van der Waals surface area (Å²) >= 11 is 0. The molecule has 0 aliphatic carbocycles. The first-order chi connectivity index (χ1) is 13.6. The number of nitrogens with zero attached hydrogens (tertiary/aromatic N) is 3. The minimum atomic E-state index is -0.915. The topological polar surface area (TPSA) is 112 Å². The molecular weight excluding hydrogens is 357 g/mol. The fraction of sp³-hybridized carbons (Fsp3) is 0.316. The van der Waals surface area contributed by atoms with Gasteiger partial charge in [0.1, 0.15) is 11.6 Å². The molecule has 0 amide bonds. The summed E-state index contributed by atoms with van der Waals surface area (Å²) in [5, 5.41) is 25.4. The molecule has 0 spiro atoms. The van der Waals surface area contributed by atoms with Crippen molar-refractivity contribution in [3.8, 4) is 11.8 Å². The van der Waals surface area contributed by atoms with Crippen LogP contribution in [0.3, 0.4) is 0 Å². The highest BCUT2D eigenvalue weighted by Crippen LogP contribution is 2.29. The van der Waals surface area contributed by atoms with Crippen molar-refractivity contribution < 1.29 is 14.4 Å². The summed E-state index contributed by atoms with van der Waals surface area (Å²) in [5.74, 6) is 3.21. The van der Waals surface area contributed by atoms with Gasteiger partial charge in [-0.05, 0) is 37.5 Å². The average Bonchev–Trinajstić information content (AvgIpc) is 2.71. The van der Waals surface area contributed by atoms with Gasteiger partial charge in [-0.15, -0.1) is 0 Å². The van der Waals surface area contributed by atoms with Gasteiger partial charge in [-0.2, -0.15) is 10.2 Å². The summed E-state index contributed by atoms with van der Waals surface area (Å²) in [6.45, 7) is 3.01. The Morgan fingerprint density at radius 2 is 2.29 bits per heavy atom. The minimum absolute atomic E-state index is 0.0994. The number of nitriles is 1. The summed E-state index contributed by atoms with van der Waals surface area (Å²) in [7, 11) is -0.915. The number of aromatic nitrogens is 2. The summed E-state index contributed by atoms with van der Waals surface area (Å²) in [4.78, 5) is 8.91. The Kier molecular flexibility index (Phi) is 5.15. The summed E-state index contributed by atoms with van der Waals surface area (Å²) in [5.41, 5.74) is 2.55. The number of anilines is 3. The third-order valence-electron chi connectivity index (χ3n) is 4.77. The second-order valence-corrected chi connectivity index (χ2v) is 6.82. The highest BCUT2D eigenvalue weighted by molar-refractivity contribution is 6.51. The molecular formula is C19H20BN5O3. The van der Waals surface area contributed by atoms with Crippen LogP contribution in [0.15, 0.2) is 30.4 Å². The second kappa shape index (κ2) is 7.88. The van der Waals surface area contributed by atoms with Crippen molar-refractivity contribution in [2.75, 3.05) is 23.8 Å². The van der Waals surface area contributed by atoms with E-state index in [0.29, 0.717) is 37.2 Å². The van der Waals surface area contributed by atoms with Gasteiger partial charge in [0, 0.05) is 29.6 Å². The molecule has 0 bridgehead atoms. The number of rotatable bonds is 4. The lowest BCUT2D eigenvalue weighted by Gasteiger charge is -2.28. The number of aryl methyl sites for hydroxylation is 1. The molecule has 1 saturated heterocycles. The molecule has 28 heavy (non-hydrogen) atoms. The maximum Gasteiger partial charge on any atom is 0.552 e. The number of hydrogen-bond acceptors (Lipinski definition) is 8. The van der Waals surface area contributed by atoms with E-state index in [0.717, 1.165) is 16.8 Å². The van der Waals surface area contributed by atoms with E-state index in [1.165, 1.54) is 0 Å². The quantitative estimate of drug-likeness (QED) is 0.696. The van der Waals surface area contributed by atoms with Crippen LogP contribution in [0.5, 0.6) is 5.75 Å². The van der Waals surface area contributed by atoms with Gasteiger partial charge >= 0.3 is 7.12 Å². The smallest absolute Gasteiger partial charge is 0.532 e. The lowest BCUT2D eigenvalue weighted by Crippen LogP contribution is -2.38. The zero-order chi connectivity index (χ0) is 19.5. The van der Waals surface area contributed by atoms with E-state index in [1.807, 2.05) is 25.1 Å². The van der Waals surface area contributed by atoms with Crippen molar-refractivity contribution >= 4 is 30.6 Å². The molecule has 8 nitrogen and oxygen atoms in total. The van der Waals surface area contributed by atoms with Crippen molar-refractivity contribution in [2.24, 2.45) is 5.92 Å². The fourth-order valence-corrected chi connectivity index (χ4v) is 3.21. The van der Waals surface area contributed by atoms with Crippen LogP contribution in [0.1, 0.15) is 17.5 Å². The van der Waals surface area contributed by atoms with Gasteiger partial charge in [-0.3, -0.25) is 0 Å². The predicted octanol–water partition coefficient (Wildman–Crippen LogP) is 2.29. The Morgan fingerprint density at radius 3 is 3.14 bits per heavy atom. The first kappa shape index (κ1) is 18.3. The van der Waals surface area contributed by atoms with Gasteiger partial charge in [0.05, 0.1) is 24.6 Å². The van der Waals surface area contributed by atoms with Crippen molar-refractivity contribution in [1.82, 2.24) is 9.97 Å². The van der Waals surface area contributed by atoms with E-state index in [9.17, 15) is 10.3 Å². The van der Waals surface area contributed by atoms with Crippen molar-refractivity contribution in [1.29, 1.82) is 5.26 Å². The molecule has 142 valence electrons. The SMILES string of the molecule is Cc1cnc(Nc2ccc3c(c2)C=CB(O)O3)nc1N[C@H]1COCCC1C#N. The van der Waals surface area contributed by atoms with Crippen molar-refractivity contribution in [2.45, 2.75) is 19.4 Å². The van der Waals surface area contributed by atoms with E-state index in [4.69, 9.17) is 9.39 Å². The third kappa shape index (κ3) is 3.93. The molecule has 2 aromatic rings. The number of fused-ring (bicyclic) bond motifs is 1. The van der Waals surface area contributed by atoms with Crippen LogP contribution in [0.2, 0.25) is 0 Å². The zero-order valence-electron chi connectivity index (χ0n) is 15.4. The van der Waals surface area contributed by atoms with Crippen LogP contribution in [-0.4, -0.2) is 41.4 Å². The zero-order valence-corrected chi connectivity index (χ0v) is 15.4. The van der Waals surface area contributed by atoms with Gasteiger partial charge in [0.25, 0.3) is 0 Å². The fourth-order valence-electron chi connectivity index (χ4n) is 3.21. The van der Waals surface area contributed by atoms with Gasteiger partial charge in [-0.1, -0.05) is 6.08 Å². The third-order valence-corrected chi connectivity index (χ3v) is 4.77. The molecule has 3 heterocycles. The normalized spacial score (nSPS) is 20.7. The molecule has 1 unspecified atom stereocenters. The molecule has 0 saturated carbocycles. The monoisotopic (exact) mass is 377 g/mol. The van der Waals surface area contributed by atoms with Gasteiger partial charge in [-0.25, -0.2) is 4.98 Å². The van der Waals surface area contributed by atoms with E-state index < -0.39 is 7.12 Å². The van der Waals surface area contributed by atoms with Crippen LogP contribution in [0.4, 0.5) is 17.5 Å². The van der Waals surface area contributed by atoms with E-state index in [-0.39, 0.29) is 12.0 Å². The second-order valence-electron chi connectivity index (χ2n) is 6.82. The molecule has 2 aliphatic heterocycles. The predicted molar refractivity (Wildman–Crippen MR) is 106 cm³/mol. The summed E-state index contributed by atoms with van der Waals surface area (Å²) in [6, 6.07) is 7.76. The van der Waals surface area contributed by atoms with Crippen LogP contribution >= 0.6 is 0 Å². The first-order valence-corrected chi connectivity index (χ1v) is 9.14. The molecule has 2 atom stereocenters. The average molecular weight is 377 g/mol. The van der Waals surface area contributed by atoms with Crippen LogP contribution in [0, 0.1) is 24.2 Å². The van der Waals surface area contributed by atoms with Crippen LogP contribution in [0.25, 0.3) is 6.08 Å². The molecule has 1 aromatic heterocycles. The Hall–Kier alpha value is -3.09. The molecule has 2 aliphatic rings. The standard InChI is InChI=1S/C19H20BN5O3/c1-12-10-22-19(25-18(12)24-16-11-27-7-5-14(16)9-21)23-15-2-3-17-13(8-15)4-6-20(26)28-17/h2-4,6,8,10,14,16,26H,5,7,11H2,1H3,(H2,22,23,24,25)/t14?,16-/m0/s1. The Bertz CT molecular complexity index is 946. The summed E-state index contributed by atoms with van der Waals surface area (Å²) in [6.07, 6.45) is 4.26. The maximum absolute atomic E-state index is 9.51. The number of nitrogens with one attached hydrogen (secondary N) is 2. The molecule has 1 aromatic carbocycles. The molecule has 3 N–H and O–H groups in total. The highest BCUT2D eigenvalue weighted by Gasteiger charge is 2.26. The Labute approximate surface area is 163 Å². The highest BCUT2D eigenvalue weighted by atomic mass is 16.5. The lowest BCUT2D eigenvalue weighted by molar-refractivity contribution is 0.0698. The van der Waals surface area contributed by atoms with Gasteiger partial charge < -0.3 is 25.0 Å². The number of benzene rings is 1. The molecule has 9 heteroatoms. The van der Waals surface area contributed by atoms with E-state index in [2.05, 4.69) is 26.7 Å². The van der Waals surface area contributed by atoms with E-state index >= 15 is 0 Å². The van der Waals surface area contributed by atoms with Gasteiger partial charge in [0.15, 0.2) is 0 Å². The lowest BCUT2D eigenvalue weighted by atomic mass is 9.86. The molecule has 4 rings (SSSR count). The van der Waals surface area contributed by atoms with Crippen LogP contribution < -0.4 is 15.3 Å². The number of hydrogen-bond donors (Lipinski definition) is 3. The molecule has 1 fully saturated rings. The first-order valence-electron chi connectivity index (χ1n) is 9.14. The van der Waals surface area contributed by atoms with Gasteiger partial charge in [0.2, 0.25) is 5.95 Å². The minimum Gasteiger partial charge on any atom is -0.532 e. The maximum atomic E-state index is 9.51. The van der Waals surface area contributed by atoms with Crippen molar-refractivity contribution in [3.05, 3.63) is 41.5 Å². The van der Waals surface area contributed by atoms with E-state index in [1.54, 1.807) is 18.2 Å². The summed E-state index contributed by atoms with van der Waals surface area (Å²) < 4.78 is 10.8.